The number of aromatic nitrogens is 1. The van der Waals surface area contributed by atoms with Gasteiger partial charge in [0.05, 0.1) is 12.6 Å². The van der Waals surface area contributed by atoms with E-state index in [9.17, 15) is 9.90 Å². The number of rotatable bonds is 5. The number of pyridine rings is 1. The first kappa shape index (κ1) is 14.8. The fourth-order valence-corrected chi connectivity index (χ4v) is 2.62. The Hall–Kier alpha value is -1.62. The van der Waals surface area contributed by atoms with Crippen LogP contribution in [0.2, 0.25) is 0 Å². The van der Waals surface area contributed by atoms with Gasteiger partial charge in [-0.1, -0.05) is 6.92 Å². The van der Waals surface area contributed by atoms with E-state index in [1.54, 1.807) is 11.0 Å². The predicted molar refractivity (Wildman–Crippen MR) is 78.9 cm³/mol. The Labute approximate surface area is 120 Å². The van der Waals surface area contributed by atoms with Crippen LogP contribution in [-0.2, 0) is 6.42 Å². The van der Waals surface area contributed by atoms with Crippen LogP contribution in [0, 0.1) is 0 Å². The van der Waals surface area contributed by atoms with Crippen molar-refractivity contribution in [3.8, 4) is 0 Å². The van der Waals surface area contributed by atoms with Gasteiger partial charge in [-0.25, -0.2) is 4.98 Å². The Morgan fingerprint density at radius 2 is 2.30 bits per heavy atom. The molecule has 1 atom stereocenters. The van der Waals surface area contributed by atoms with Crippen LogP contribution in [0.15, 0.2) is 12.1 Å². The van der Waals surface area contributed by atoms with Crippen LogP contribution in [0.1, 0.15) is 42.7 Å². The lowest BCUT2D eigenvalue weighted by atomic mass is 10.1. The van der Waals surface area contributed by atoms with Gasteiger partial charge in [-0.05, 0) is 38.3 Å². The summed E-state index contributed by atoms with van der Waals surface area (Å²) in [5.41, 5.74) is 1.57. The van der Waals surface area contributed by atoms with Crippen LogP contribution in [0.25, 0.3) is 0 Å². The van der Waals surface area contributed by atoms with Crippen LogP contribution in [0.4, 0.5) is 5.82 Å². The fraction of sp³-hybridized carbons (Fsp3) is 0.600. The van der Waals surface area contributed by atoms with Gasteiger partial charge >= 0.3 is 0 Å². The first-order valence-electron chi connectivity index (χ1n) is 7.36. The molecule has 1 amide bonds. The molecule has 2 heterocycles. The van der Waals surface area contributed by atoms with E-state index in [1.165, 1.54) is 0 Å². The van der Waals surface area contributed by atoms with E-state index in [-0.39, 0.29) is 18.6 Å². The maximum atomic E-state index is 12.6. The standard InChI is InChI=1S/C15H23N3O2/c1-3-12-8-11(9-14(17-12)16-4-2)15(20)18-7-5-6-13(18)10-19/h8-9,13,19H,3-7,10H2,1-2H3,(H,16,17). The average molecular weight is 277 g/mol. The molecule has 2 rings (SSSR count). The molecule has 1 fully saturated rings. The molecule has 0 spiro atoms. The number of likely N-dealkylation sites (tertiary alicyclic amines) is 1. The van der Waals surface area contributed by atoms with Crippen molar-refractivity contribution in [1.29, 1.82) is 0 Å². The zero-order valence-electron chi connectivity index (χ0n) is 12.2. The average Bonchev–Trinajstić information content (AvgIpc) is 2.94. The minimum Gasteiger partial charge on any atom is -0.394 e. The molecule has 110 valence electrons. The molecule has 1 saturated heterocycles. The van der Waals surface area contributed by atoms with Gasteiger partial charge in [-0.3, -0.25) is 4.79 Å². The van der Waals surface area contributed by atoms with Crippen molar-refractivity contribution in [1.82, 2.24) is 9.88 Å². The SMILES string of the molecule is CCNc1cc(C(=O)N2CCCC2CO)cc(CC)n1. The second kappa shape index (κ2) is 6.70. The monoisotopic (exact) mass is 277 g/mol. The van der Waals surface area contributed by atoms with Crippen molar-refractivity contribution in [2.45, 2.75) is 39.2 Å². The number of anilines is 1. The molecule has 0 saturated carbocycles. The third-order valence-electron chi connectivity index (χ3n) is 3.69. The van der Waals surface area contributed by atoms with Gasteiger partial charge in [0.15, 0.2) is 0 Å². The Balaban J connectivity index is 2.26. The molecular weight excluding hydrogens is 254 g/mol. The largest absolute Gasteiger partial charge is 0.394 e. The molecule has 0 aliphatic carbocycles. The number of carbonyl (C=O) groups is 1. The fourth-order valence-electron chi connectivity index (χ4n) is 2.62. The molecule has 0 radical (unpaired) electrons. The summed E-state index contributed by atoms with van der Waals surface area (Å²) < 4.78 is 0. The molecule has 5 nitrogen and oxygen atoms in total. The lowest BCUT2D eigenvalue weighted by Gasteiger charge is -2.23. The molecule has 1 aliphatic heterocycles. The van der Waals surface area contributed by atoms with Crippen LogP contribution in [0.3, 0.4) is 0 Å². The maximum Gasteiger partial charge on any atom is 0.254 e. The van der Waals surface area contributed by atoms with Crippen LogP contribution >= 0.6 is 0 Å². The van der Waals surface area contributed by atoms with E-state index in [1.807, 2.05) is 19.9 Å². The summed E-state index contributed by atoms with van der Waals surface area (Å²) in [4.78, 5) is 18.8. The first-order valence-corrected chi connectivity index (χ1v) is 7.36. The molecule has 2 N–H and O–H groups in total. The van der Waals surface area contributed by atoms with Gasteiger partial charge in [-0.2, -0.15) is 0 Å². The molecule has 1 aromatic rings. The zero-order chi connectivity index (χ0) is 14.5. The minimum absolute atomic E-state index is 0.00203. The molecule has 5 heteroatoms. The molecular formula is C15H23N3O2. The number of hydrogen-bond acceptors (Lipinski definition) is 4. The van der Waals surface area contributed by atoms with Gasteiger partial charge < -0.3 is 15.3 Å². The van der Waals surface area contributed by atoms with E-state index in [4.69, 9.17) is 0 Å². The Morgan fingerprint density at radius 3 is 2.95 bits per heavy atom. The minimum atomic E-state index is -0.0386. The third-order valence-corrected chi connectivity index (χ3v) is 3.69. The highest BCUT2D eigenvalue weighted by molar-refractivity contribution is 5.95. The first-order chi connectivity index (χ1) is 9.69. The Morgan fingerprint density at radius 1 is 1.50 bits per heavy atom. The summed E-state index contributed by atoms with van der Waals surface area (Å²) in [7, 11) is 0. The molecule has 0 bridgehead atoms. The number of hydrogen-bond donors (Lipinski definition) is 2. The van der Waals surface area contributed by atoms with Crippen molar-refractivity contribution in [3.05, 3.63) is 23.4 Å². The number of aliphatic hydroxyl groups is 1. The Kier molecular flexibility index (Phi) is 4.95. The number of carbonyl (C=O) groups excluding carboxylic acids is 1. The van der Waals surface area contributed by atoms with Crippen LogP contribution < -0.4 is 5.32 Å². The molecule has 1 unspecified atom stereocenters. The number of aryl methyl sites for hydroxylation is 1. The van der Waals surface area contributed by atoms with Gasteiger partial charge in [0.2, 0.25) is 0 Å². The quantitative estimate of drug-likeness (QED) is 0.859. The number of amides is 1. The van der Waals surface area contributed by atoms with Gasteiger partial charge in [0.1, 0.15) is 5.82 Å². The number of nitrogens with one attached hydrogen (secondary N) is 1. The number of aliphatic hydroxyl groups excluding tert-OH is 1. The predicted octanol–water partition coefficient (Wildman–Crippen LogP) is 1.67. The van der Waals surface area contributed by atoms with E-state index < -0.39 is 0 Å². The van der Waals surface area contributed by atoms with Gasteiger partial charge in [-0.15, -0.1) is 0 Å². The van der Waals surface area contributed by atoms with Crippen molar-refractivity contribution in [3.63, 3.8) is 0 Å². The topological polar surface area (TPSA) is 65.5 Å². The van der Waals surface area contributed by atoms with Crippen LogP contribution in [0.5, 0.6) is 0 Å². The third kappa shape index (κ3) is 3.10. The van der Waals surface area contributed by atoms with E-state index >= 15 is 0 Å². The smallest absolute Gasteiger partial charge is 0.254 e. The van der Waals surface area contributed by atoms with Crippen LogP contribution in [-0.4, -0.2) is 46.6 Å². The van der Waals surface area contributed by atoms with E-state index in [2.05, 4.69) is 10.3 Å². The highest BCUT2D eigenvalue weighted by atomic mass is 16.3. The van der Waals surface area contributed by atoms with Crippen molar-refractivity contribution >= 4 is 11.7 Å². The zero-order valence-corrected chi connectivity index (χ0v) is 12.2. The van der Waals surface area contributed by atoms with E-state index in [0.29, 0.717) is 5.56 Å². The van der Waals surface area contributed by atoms with Gasteiger partial charge in [0.25, 0.3) is 5.91 Å². The maximum absolute atomic E-state index is 12.6. The highest BCUT2D eigenvalue weighted by Crippen LogP contribution is 2.21. The van der Waals surface area contributed by atoms with E-state index in [0.717, 1.165) is 43.9 Å². The summed E-state index contributed by atoms with van der Waals surface area (Å²) in [6, 6.07) is 3.62. The van der Waals surface area contributed by atoms with Gasteiger partial charge in [0, 0.05) is 24.3 Å². The number of nitrogens with zero attached hydrogens (tertiary/aromatic N) is 2. The molecule has 20 heavy (non-hydrogen) atoms. The van der Waals surface area contributed by atoms with Crippen molar-refractivity contribution in [2.24, 2.45) is 0 Å². The second-order valence-electron chi connectivity index (χ2n) is 5.09. The van der Waals surface area contributed by atoms with Crippen molar-refractivity contribution in [2.75, 3.05) is 25.0 Å². The molecule has 1 aromatic heterocycles. The lowest BCUT2D eigenvalue weighted by Crippen LogP contribution is -2.37. The Bertz CT molecular complexity index is 476. The highest BCUT2D eigenvalue weighted by Gasteiger charge is 2.29. The summed E-state index contributed by atoms with van der Waals surface area (Å²) in [6.07, 6.45) is 2.64. The molecule has 1 aliphatic rings. The lowest BCUT2D eigenvalue weighted by molar-refractivity contribution is 0.0677. The summed E-state index contributed by atoms with van der Waals surface area (Å²) in [6.45, 7) is 5.57. The summed E-state index contributed by atoms with van der Waals surface area (Å²) >= 11 is 0. The second-order valence-corrected chi connectivity index (χ2v) is 5.09. The normalized spacial score (nSPS) is 18.4. The summed E-state index contributed by atoms with van der Waals surface area (Å²) in [5.74, 6) is 0.743. The summed E-state index contributed by atoms with van der Waals surface area (Å²) in [5, 5.41) is 12.5. The van der Waals surface area contributed by atoms with Crippen molar-refractivity contribution < 1.29 is 9.90 Å². The molecule has 0 aromatic carbocycles.